The Balaban J connectivity index is 1.49. The van der Waals surface area contributed by atoms with Crippen molar-refractivity contribution in [2.45, 2.75) is 25.0 Å². The van der Waals surface area contributed by atoms with Crippen molar-refractivity contribution in [2.24, 2.45) is 7.05 Å². The Morgan fingerprint density at radius 1 is 1.42 bits per heavy atom. The Kier molecular flexibility index (Phi) is 3.78. The molecule has 24 heavy (non-hydrogen) atoms. The molecule has 0 aliphatic carbocycles. The van der Waals surface area contributed by atoms with Crippen molar-refractivity contribution in [3.63, 3.8) is 0 Å². The molecule has 1 aliphatic heterocycles. The van der Waals surface area contributed by atoms with E-state index in [1.54, 1.807) is 12.5 Å². The maximum atomic E-state index is 12.7. The summed E-state index contributed by atoms with van der Waals surface area (Å²) in [5.41, 5.74) is 2.42. The molecule has 1 saturated heterocycles. The number of aromatic amines is 1. The van der Waals surface area contributed by atoms with E-state index in [0.29, 0.717) is 12.2 Å². The number of imidazole rings is 1. The molecule has 7 nitrogen and oxygen atoms in total. The maximum absolute atomic E-state index is 12.7. The number of rotatable bonds is 3. The van der Waals surface area contributed by atoms with Gasteiger partial charge >= 0.3 is 0 Å². The molecule has 0 unspecified atom stereocenters. The van der Waals surface area contributed by atoms with Gasteiger partial charge in [0.2, 0.25) is 0 Å². The van der Waals surface area contributed by atoms with Gasteiger partial charge in [-0.1, -0.05) is 12.1 Å². The summed E-state index contributed by atoms with van der Waals surface area (Å²) >= 11 is 0. The molecular weight excluding hydrogens is 306 g/mol. The van der Waals surface area contributed by atoms with Crippen molar-refractivity contribution in [1.29, 1.82) is 0 Å². The Hall–Kier alpha value is -2.67. The Morgan fingerprint density at radius 2 is 2.33 bits per heavy atom. The first kappa shape index (κ1) is 14.9. The van der Waals surface area contributed by atoms with E-state index in [-0.39, 0.29) is 18.1 Å². The van der Waals surface area contributed by atoms with E-state index in [0.717, 1.165) is 29.4 Å². The standard InChI is InChI=1S/C17H19N5O2/c1-22-10-18-9-14(22)15-7-12(5-6-24-15)20-17(23)13-4-2-3-11-8-19-21-16(11)13/h2-4,8-10,12,15H,5-7H2,1H3,(H,19,21)(H,20,23)/t12-,15-/m1/s1. The number of carbonyl (C=O) groups is 1. The average Bonchev–Trinajstić information content (AvgIpc) is 3.23. The molecule has 1 amide bonds. The summed E-state index contributed by atoms with van der Waals surface area (Å²) in [5, 5.41) is 11.0. The van der Waals surface area contributed by atoms with Crippen molar-refractivity contribution in [3.8, 4) is 0 Å². The molecule has 0 saturated carbocycles. The van der Waals surface area contributed by atoms with E-state index >= 15 is 0 Å². The quantitative estimate of drug-likeness (QED) is 0.771. The molecule has 1 aromatic carbocycles. The van der Waals surface area contributed by atoms with Crippen LogP contribution in [0.5, 0.6) is 0 Å². The Bertz CT molecular complexity index is 869. The van der Waals surface area contributed by atoms with Crippen LogP contribution in [0.1, 0.15) is 35.0 Å². The number of hydrogen-bond donors (Lipinski definition) is 2. The molecular formula is C17H19N5O2. The van der Waals surface area contributed by atoms with Crippen molar-refractivity contribution in [3.05, 3.63) is 48.2 Å². The molecule has 1 aliphatic rings. The largest absolute Gasteiger partial charge is 0.372 e. The number of H-pyrrole nitrogens is 1. The Labute approximate surface area is 139 Å². The van der Waals surface area contributed by atoms with Gasteiger partial charge in [0.15, 0.2) is 0 Å². The summed E-state index contributed by atoms with van der Waals surface area (Å²) in [6.45, 7) is 0.620. The fourth-order valence-corrected chi connectivity index (χ4v) is 3.23. The highest BCUT2D eigenvalue weighted by atomic mass is 16.5. The fraction of sp³-hybridized carbons (Fsp3) is 0.353. The molecule has 0 radical (unpaired) electrons. The molecule has 3 heterocycles. The molecule has 4 rings (SSSR count). The third-order valence-electron chi connectivity index (χ3n) is 4.52. The van der Waals surface area contributed by atoms with Gasteiger partial charge in [-0.2, -0.15) is 5.10 Å². The predicted molar refractivity (Wildman–Crippen MR) is 88.5 cm³/mol. The third kappa shape index (κ3) is 2.67. The van der Waals surface area contributed by atoms with E-state index in [1.807, 2.05) is 36.0 Å². The SMILES string of the molecule is Cn1cncc1[C@H]1C[C@H](NC(=O)c2cccc3cn[nH]c23)CCO1. The zero-order chi connectivity index (χ0) is 16.5. The minimum absolute atomic E-state index is 0.0421. The summed E-state index contributed by atoms with van der Waals surface area (Å²) in [4.78, 5) is 16.8. The second kappa shape index (κ2) is 6.09. The lowest BCUT2D eigenvalue weighted by Gasteiger charge is -2.30. The van der Waals surface area contributed by atoms with Gasteiger partial charge in [-0.25, -0.2) is 4.98 Å². The van der Waals surface area contributed by atoms with Crippen molar-refractivity contribution >= 4 is 16.8 Å². The van der Waals surface area contributed by atoms with Crippen LogP contribution in [0.3, 0.4) is 0 Å². The van der Waals surface area contributed by atoms with E-state index < -0.39 is 0 Å². The van der Waals surface area contributed by atoms with Gasteiger partial charge in [-0.15, -0.1) is 0 Å². The second-order valence-corrected chi connectivity index (χ2v) is 6.12. The number of amides is 1. The van der Waals surface area contributed by atoms with Crippen LogP contribution in [0.2, 0.25) is 0 Å². The molecule has 1 fully saturated rings. The van der Waals surface area contributed by atoms with Gasteiger partial charge < -0.3 is 14.6 Å². The smallest absolute Gasteiger partial charge is 0.253 e. The lowest BCUT2D eigenvalue weighted by atomic mass is 10.0. The van der Waals surface area contributed by atoms with Gasteiger partial charge in [0.25, 0.3) is 5.91 Å². The molecule has 7 heteroatoms. The minimum Gasteiger partial charge on any atom is -0.372 e. The van der Waals surface area contributed by atoms with Gasteiger partial charge in [-0.05, 0) is 18.9 Å². The van der Waals surface area contributed by atoms with Crippen LogP contribution in [0.4, 0.5) is 0 Å². The zero-order valence-corrected chi connectivity index (χ0v) is 13.4. The lowest BCUT2D eigenvalue weighted by Crippen LogP contribution is -2.40. The Morgan fingerprint density at radius 3 is 3.17 bits per heavy atom. The highest BCUT2D eigenvalue weighted by molar-refractivity contribution is 6.05. The first-order chi connectivity index (χ1) is 11.7. The van der Waals surface area contributed by atoms with Gasteiger partial charge in [-0.3, -0.25) is 9.89 Å². The van der Waals surface area contributed by atoms with Crippen LogP contribution >= 0.6 is 0 Å². The average molecular weight is 325 g/mol. The van der Waals surface area contributed by atoms with Crippen LogP contribution in [0.25, 0.3) is 10.9 Å². The van der Waals surface area contributed by atoms with Crippen LogP contribution < -0.4 is 5.32 Å². The predicted octanol–water partition coefficient (Wildman–Crippen LogP) is 1.95. The number of nitrogens with zero attached hydrogens (tertiary/aromatic N) is 3. The van der Waals surface area contributed by atoms with Crippen LogP contribution in [-0.4, -0.2) is 38.3 Å². The highest BCUT2D eigenvalue weighted by Gasteiger charge is 2.27. The highest BCUT2D eigenvalue weighted by Crippen LogP contribution is 2.28. The number of para-hydroxylation sites is 1. The van der Waals surface area contributed by atoms with Gasteiger partial charge in [0.1, 0.15) is 6.10 Å². The maximum Gasteiger partial charge on any atom is 0.253 e. The van der Waals surface area contributed by atoms with E-state index in [4.69, 9.17) is 4.74 Å². The fourth-order valence-electron chi connectivity index (χ4n) is 3.23. The lowest BCUT2D eigenvalue weighted by molar-refractivity contribution is -0.00300. The molecule has 124 valence electrons. The number of ether oxygens (including phenoxy) is 1. The number of nitrogens with one attached hydrogen (secondary N) is 2. The van der Waals surface area contributed by atoms with Gasteiger partial charge in [0, 0.05) is 25.1 Å². The topological polar surface area (TPSA) is 84.8 Å². The van der Waals surface area contributed by atoms with E-state index in [2.05, 4.69) is 20.5 Å². The summed E-state index contributed by atoms with van der Waals surface area (Å²) in [7, 11) is 1.95. The van der Waals surface area contributed by atoms with Crippen molar-refractivity contribution in [2.75, 3.05) is 6.61 Å². The first-order valence-electron chi connectivity index (χ1n) is 8.03. The van der Waals surface area contributed by atoms with E-state index in [1.165, 1.54) is 0 Å². The monoisotopic (exact) mass is 325 g/mol. The van der Waals surface area contributed by atoms with Crippen LogP contribution in [0.15, 0.2) is 36.9 Å². The molecule has 3 aromatic rings. The molecule has 2 atom stereocenters. The minimum atomic E-state index is -0.0829. The summed E-state index contributed by atoms with van der Waals surface area (Å²) in [6.07, 6.45) is 6.81. The summed E-state index contributed by atoms with van der Waals surface area (Å²) in [5.74, 6) is -0.0829. The van der Waals surface area contributed by atoms with E-state index in [9.17, 15) is 4.79 Å². The molecule has 0 bridgehead atoms. The number of aromatic nitrogens is 4. The van der Waals surface area contributed by atoms with Crippen molar-refractivity contribution < 1.29 is 9.53 Å². The molecule has 2 aromatic heterocycles. The first-order valence-corrected chi connectivity index (χ1v) is 8.03. The second-order valence-electron chi connectivity index (χ2n) is 6.12. The third-order valence-corrected chi connectivity index (χ3v) is 4.52. The van der Waals surface area contributed by atoms with Crippen molar-refractivity contribution in [1.82, 2.24) is 25.1 Å². The summed E-state index contributed by atoms with van der Waals surface area (Å²) < 4.78 is 7.81. The molecule has 0 spiro atoms. The number of carbonyl (C=O) groups excluding carboxylic acids is 1. The van der Waals surface area contributed by atoms with Crippen LogP contribution in [0, 0.1) is 0 Å². The number of fused-ring (bicyclic) bond motifs is 1. The summed E-state index contributed by atoms with van der Waals surface area (Å²) in [6, 6.07) is 5.69. The normalized spacial score (nSPS) is 21.0. The molecule has 2 N–H and O–H groups in total. The van der Waals surface area contributed by atoms with Crippen LogP contribution in [-0.2, 0) is 11.8 Å². The zero-order valence-electron chi connectivity index (χ0n) is 13.4. The van der Waals surface area contributed by atoms with Gasteiger partial charge in [0.05, 0.1) is 35.5 Å². The number of aryl methyl sites for hydroxylation is 1. The number of hydrogen-bond acceptors (Lipinski definition) is 4. The number of benzene rings is 1.